The molecule has 1 aromatic rings. The molecule has 5 nitrogen and oxygen atoms in total. The molecule has 3 N–H and O–H groups in total. The minimum absolute atomic E-state index is 0.179. The average Bonchev–Trinajstić information content (AvgIpc) is 2.64. The number of rotatable bonds is 4. The number of nitrogens with two attached hydrogens (primary N) is 1. The van der Waals surface area contributed by atoms with Gasteiger partial charge in [0, 0.05) is 21.9 Å². The van der Waals surface area contributed by atoms with Crippen molar-refractivity contribution in [1.29, 1.82) is 0 Å². The lowest BCUT2D eigenvalue weighted by Crippen LogP contribution is -2.19. The number of thioether (sulfide) groups is 1. The number of anilines is 1. The smallest absolute Gasteiger partial charge is 0.306 e. The van der Waals surface area contributed by atoms with Crippen molar-refractivity contribution in [3.05, 3.63) is 23.8 Å². The average molecular weight is 266 g/mol. The number of fused-ring (bicyclic) bond motifs is 1. The van der Waals surface area contributed by atoms with Crippen LogP contribution in [0, 0.1) is 0 Å². The van der Waals surface area contributed by atoms with Crippen molar-refractivity contribution in [1.82, 2.24) is 0 Å². The van der Waals surface area contributed by atoms with E-state index < -0.39 is 6.04 Å². The summed E-state index contributed by atoms with van der Waals surface area (Å²) in [5.41, 5.74) is 7.29. The van der Waals surface area contributed by atoms with Crippen LogP contribution in [0.15, 0.2) is 23.1 Å². The maximum Gasteiger partial charge on any atom is 0.306 e. The highest BCUT2D eigenvalue weighted by Crippen LogP contribution is 2.33. The second kappa shape index (κ2) is 5.41. The van der Waals surface area contributed by atoms with E-state index in [0.29, 0.717) is 12.2 Å². The molecule has 2 rings (SSSR count). The molecule has 0 bridgehead atoms. The van der Waals surface area contributed by atoms with Gasteiger partial charge in [-0.2, -0.15) is 0 Å². The first-order valence-electron chi connectivity index (χ1n) is 5.52. The molecule has 0 saturated carbocycles. The van der Waals surface area contributed by atoms with Crippen LogP contribution in [0.5, 0.6) is 0 Å². The highest BCUT2D eigenvalue weighted by molar-refractivity contribution is 7.99. The highest BCUT2D eigenvalue weighted by Gasteiger charge is 2.26. The quantitative estimate of drug-likeness (QED) is 0.634. The van der Waals surface area contributed by atoms with Crippen LogP contribution in [-0.2, 0) is 14.3 Å². The van der Waals surface area contributed by atoms with E-state index in [0.717, 1.165) is 16.1 Å². The maximum atomic E-state index is 11.4. The Morgan fingerprint density at radius 2 is 2.33 bits per heavy atom. The summed E-state index contributed by atoms with van der Waals surface area (Å²) in [7, 11) is 1.37. The van der Waals surface area contributed by atoms with E-state index in [9.17, 15) is 9.59 Å². The van der Waals surface area contributed by atoms with E-state index in [4.69, 9.17) is 5.73 Å². The summed E-state index contributed by atoms with van der Waals surface area (Å²) in [5, 5.41) is 2.73. The van der Waals surface area contributed by atoms with Crippen LogP contribution in [0.25, 0.3) is 0 Å². The Hall–Kier alpha value is -1.53. The lowest BCUT2D eigenvalue weighted by molar-refractivity contribution is -0.140. The van der Waals surface area contributed by atoms with Crippen LogP contribution >= 0.6 is 11.8 Å². The van der Waals surface area contributed by atoms with Gasteiger partial charge in [0.05, 0.1) is 13.5 Å². The largest absolute Gasteiger partial charge is 0.469 e. The lowest BCUT2D eigenvalue weighted by Gasteiger charge is -2.05. The number of ether oxygens (including phenoxy) is 1. The molecule has 1 aliphatic rings. The molecule has 1 amide bonds. The monoisotopic (exact) mass is 266 g/mol. The zero-order valence-corrected chi connectivity index (χ0v) is 10.8. The summed E-state index contributed by atoms with van der Waals surface area (Å²) in [6.07, 6.45) is 0.365. The number of methoxy groups -OCH3 is 1. The second-order valence-electron chi connectivity index (χ2n) is 3.89. The standard InChI is InChI=1S/C12H14N2O3S/c1-17-10(15)4-5-18-7-2-3-8-9(6-7)14-12(16)11(8)13/h2-3,6,11H,4-5,13H2,1H3,(H,14,16). The molecular formula is C12H14N2O3S. The van der Waals surface area contributed by atoms with Gasteiger partial charge in [0.2, 0.25) is 5.91 Å². The highest BCUT2D eigenvalue weighted by atomic mass is 32.2. The topological polar surface area (TPSA) is 81.4 Å². The summed E-state index contributed by atoms with van der Waals surface area (Å²) >= 11 is 1.54. The predicted molar refractivity (Wildman–Crippen MR) is 69.4 cm³/mol. The summed E-state index contributed by atoms with van der Waals surface area (Å²) in [5.74, 6) is 0.242. The Morgan fingerprint density at radius 3 is 3.06 bits per heavy atom. The molecule has 1 unspecified atom stereocenters. The van der Waals surface area contributed by atoms with Gasteiger partial charge >= 0.3 is 5.97 Å². The van der Waals surface area contributed by atoms with Crippen molar-refractivity contribution in [2.45, 2.75) is 17.4 Å². The molecule has 0 spiro atoms. The van der Waals surface area contributed by atoms with E-state index >= 15 is 0 Å². The Balaban J connectivity index is 1.98. The first kappa shape index (κ1) is 12.9. The maximum absolute atomic E-state index is 11.4. The molecule has 0 aliphatic carbocycles. The Labute approximate surface area is 109 Å². The number of hydrogen-bond acceptors (Lipinski definition) is 5. The van der Waals surface area contributed by atoms with Crippen LogP contribution in [0.3, 0.4) is 0 Å². The minimum atomic E-state index is -0.575. The third kappa shape index (κ3) is 2.65. The molecule has 18 heavy (non-hydrogen) atoms. The third-order valence-electron chi connectivity index (χ3n) is 2.70. The number of carbonyl (C=O) groups is 2. The fourth-order valence-electron chi connectivity index (χ4n) is 1.71. The fourth-order valence-corrected chi connectivity index (χ4v) is 2.58. The van der Waals surface area contributed by atoms with E-state index in [2.05, 4.69) is 10.1 Å². The van der Waals surface area contributed by atoms with Crippen LogP contribution in [0.4, 0.5) is 5.69 Å². The van der Waals surface area contributed by atoms with Crippen molar-refractivity contribution in [2.24, 2.45) is 5.73 Å². The molecule has 0 fully saturated rings. The van der Waals surface area contributed by atoms with Gasteiger partial charge in [-0.25, -0.2) is 0 Å². The van der Waals surface area contributed by atoms with Crippen LogP contribution < -0.4 is 11.1 Å². The van der Waals surface area contributed by atoms with Gasteiger partial charge in [-0.15, -0.1) is 11.8 Å². The van der Waals surface area contributed by atoms with Gasteiger partial charge in [-0.3, -0.25) is 9.59 Å². The van der Waals surface area contributed by atoms with Crippen molar-refractivity contribution < 1.29 is 14.3 Å². The number of amides is 1. The van der Waals surface area contributed by atoms with Crippen LogP contribution in [0.2, 0.25) is 0 Å². The van der Waals surface area contributed by atoms with E-state index in [1.165, 1.54) is 18.9 Å². The SMILES string of the molecule is COC(=O)CCSc1ccc2c(c1)NC(=O)C2N. The Morgan fingerprint density at radius 1 is 1.56 bits per heavy atom. The van der Waals surface area contributed by atoms with Crippen molar-refractivity contribution in [3.63, 3.8) is 0 Å². The van der Waals surface area contributed by atoms with Crippen molar-refractivity contribution in [3.8, 4) is 0 Å². The van der Waals surface area contributed by atoms with Crippen LogP contribution in [-0.4, -0.2) is 24.7 Å². The zero-order chi connectivity index (χ0) is 13.1. The molecular weight excluding hydrogens is 252 g/mol. The predicted octanol–water partition coefficient (Wildman–Crippen LogP) is 1.29. The molecule has 0 radical (unpaired) electrons. The molecule has 1 heterocycles. The zero-order valence-electron chi connectivity index (χ0n) is 9.93. The van der Waals surface area contributed by atoms with Gasteiger partial charge in [0.15, 0.2) is 0 Å². The Kier molecular flexibility index (Phi) is 3.88. The normalized spacial score (nSPS) is 17.2. The van der Waals surface area contributed by atoms with Gasteiger partial charge in [0.25, 0.3) is 0 Å². The lowest BCUT2D eigenvalue weighted by atomic mass is 10.1. The summed E-state index contributed by atoms with van der Waals surface area (Å²) in [6, 6.07) is 5.05. The van der Waals surface area contributed by atoms with E-state index in [1.807, 2.05) is 18.2 Å². The molecule has 0 aromatic heterocycles. The van der Waals surface area contributed by atoms with Gasteiger partial charge in [-0.1, -0.05) is 6.07 Å². The molecule has 6 heteroatoms. The molecule has 0 saturated heterocycles. The van der Waals surface area contributed by atoms with Gasteiger partial charge < -0.3 is 15.8 Å². The summed E-state index contributed by atoms with van der Waals surface area (Å²) < 4.78 is 4.56. The van der Waals surface area contributed by atoms with Crippen molar-refractivity contribution in [2.75, 3.05) is 18.2 Å². The number of carbonyl (C=O) groups excluding carboxylic acids is 2. The third-order valence-corrected chi connectivity index (χ3v) is 3.70. The molecule has 1 atom stereocenters. The fraction of sp³-hybridized carbons (Fsp3) is 0.333. The molecule has 1 aliphatic heterocycles. The van der Waals surface area contributed by atoms with Crippen LogP contribution in [0.1, 0.15) is 18.0 Å². The summed E-state index contributed by atoms with van der Waals surface area (Å²) in [6.45, 7) is 0. The van der Waals surface area contributed by atoms with Crippen molar-refractivity contribution >= 4 is 29.3 Å². The minimum Gasteiger partial charge on any atom is -0.469 e. The molecule has 1 aromatic carbocycles. The first-order chi connectivity index (χ1) is 8.61. The van der Waals surface area contributed by atoms with E-state index in [1.54, 1.807) is 0 Å². The number of esters is 1. The molecule has 96 valence electrons. The number of nitrogens with one attached hydrogen (secondary N) is 1. The van der Waals surface area contributed by atoms with E-state index in [-0.39, 0.29) is 11.9 Å². The number of benzene rings is 1. The number of hydrogen-bond donors (Lipinski definition) is 2. The van der Waals surface area contributed by atoms with Gasteiger partial charge in [-0.05, 0) is 12.1 Å². The Bertz CT molecular complexity index is 490. The summed E-state index contributed by atoms with van der Waals surface area (Å²) in [4.78, 5) is 23.3. The first-order valence-corrected chi connectivity index (χ1v) is 6.50. The second-order valence-corrected chi connectivity index (χ2v) is 5.06. The van der Waals surface area contributed by atoms with Gasteiger partial charge in [0.1, 0.15) is 6.04 Å².